The maximum atomic E-state index is 3.78. The van der Waals surface area contributed by atoms with E-state index in [1.54, 1.807) is 0 Å². The Bertz CT molecular complexity index is 300. The molecule has 1 aromatic carbocycles. The summed E-state index contributed by atoms with van der Waals surface area (Å²) in [6, 6.07) is 6.49. The second-order valence-electron chi connectivity index (χ2n) is 3.45. The number of benzene rings is 1. The molecule has 0 amide bonds. The summed E-state index contributed by atoms with van der Waals surface area (Å²) in [5, 5.41) is 0.929. The first kappa shape index (κ1) is 10.5. The maximum Gasteiger partial charge on any atom is 0.0285 e. The van der Waals surface area contributed by atoms with Gasteiger partial charge in [-0.05, 0) is 22.6 Å². The van der Waals surface area contributed by atoms with Crippen LogP contribution in [0, 0.1) is 0 Å². The molecule has 1 heteroatoms. The summed E-state index contributed by atoms with van der Waals surface area (Å²) in [5.74, 6) is 0.576. The highest BCUT2D eigenvalue weighted by atomic mass is 79.9. The van der Waals surface area contributed by atoms with Gasteiger partial charge in [-0.15, -0.1) is 0 Å². The van der Waals surface area contributed by atoms with Crippen LogP contribution in [0.5, 0.6) is 0 Å². The van der Waals surface area contributed by atoms with Gasteiger partial charge in [-0.2, -0.15) is 0 Å². The van der Waals surface area contributed by atoms with E-state index in [0.717, 1.165) is 5.33 Å². The van der Waals surface area contributed by atoms with Crippen molar-refractivity contribution in [1.29, 1.82) is 0 Å². The van der Waals surface area contributed by atoms with Crippen LogP contribution in [0.1, 0.15) is 36.5 Å². The molecule has 0 nitrogen and oxygen atoms in total. The summed E-state index contributed by atoms with van der Waals surface area (Å²) in [7, 11) is 0. The van der Waals surface area contributed by atoms with Crippen LogP contribution >= 0.6 is 15.9 Å². The fraction of sp³-hybridized carbons (Fsp3) is 0.333. The predicted octanol–water partition coefficient (Wildman–Crippen LogP) is 4.35. The molecule has 0 saturated carbocycles. The highest BCUT2D eigenvalue weighted by Gasteiger charge is 2.05. The lowest BCUT2D eigenvalue weighted by Gasteiger charge is -2.11. The van der Waals surface area contributed by atoms with Gasteiger partial charge in [0.25, 0.3) is 0 Å². The number of rotatable bonds is 3. The van der Waals surface area contributed by atoms with Crippen molar-refractivity contribution in [3.63, 3.8) is 0 Å². The second-order valence-corrected chi connectivity index (χ2v) is 4.01. The van der Waals surface area contributed by atoms with E-state index in [2.05, 4.69) is 54.6 Å². The number of halogens is 1. The van der Waals surface area contributed by atoms with E-state index in [0.29, 0.717) is 5.92 Å². The zero-order valence-electron chi connectivity index (χ0n) is 8.18. The van der Waals surface area contributed by atoms with E-state index in [4.69, 9.17) is 0 Å². The van der Waals surface area contributed by atoms with Crippen LogP contribution in [0.2, 0.25) is 0 Å². The second kappa shape index (κ2) is 4.61. The Balaban J connectivity index is 3.17. The molecule has 0 N–H and O–H groups in total. The van der Waals surface area contributed by atoms with Gasteiger partial charge in [0.1, 0.15) is 0 Å². The molecular formula is C12H15Br. The number of hydrogen-bond acceptors (Lipinski definition) is 0. The van der Waals surface area contributed by atoms with Crippen molar-refractivity contribution >= 4 is 22.0 Å². The third kappa shape index (κ3) is 2.44. The monoisotopic (exact) mass is 238 g/mol. The summed E-state index contributed by atoms with van der Waals surface area (Å²) in [4.78, 5) is 0. The molecule has 0 unspecified atom stereocenters. The molecule has 0 bridgehead atoms. The summed E-state index contributed by atoms with van der Waals surface area (Å²) in [5.41, 5.74) is 3.99. The van der Waals surface area contributed by atoms with Crippen LogP contribution in [-0.4, -0.2) is 0 Å². The van der Waals surface area contributed by atoms with Crippen LogP contribution in [0.4, 0.5) is 0 Å². The largest absolute Gasteiger partial charge is 0.0985 e. The smallest absolute Gasteiger partial charge is 0.0285 e. The molecule has 0 spiro atoms. The highest BCUT2D eigenvalue weighted by Crippen LogP contribution is 2.23. The Kier molecular flexibility index (Phi) is 3.73. The lowest BCUT2D eigenvalue weighted by Crippen LogP contribution is -1.94. The molecule has 0 radical (unpaired) electrons. The van der Waals surface area contributed by atoms with E-state index in [-0.39, 0.29) is 0 Å². The fourth-order valence-corrected chi connectivity index (χ4v) is 1.91. The Morgan fingerprint density at radius 1 is 1.46 bits per heavy atom. The lowest BCUT2D eigenvalue weighted by atomic mass is 9.96. The van der Waals surface area contributed by atoms with Gasteiger partial charge in [-0.1, -0.05) is 60.6 Å². The Hall–Kier alpha value is -0.560. The minimum Gasteiger partial charge on any atom is -0.0985 e. The molecule has 70 valence electrons. The van der Waals surface area contributed by atoms with Gasteiger partial charge >= 0.3 is 0 Å². The van der Waals surface area contributed by atoms with Gasteiger partial charge in [0.05, 0.1) is 0 Å². The van der Waals surface area contributed by atoms with Gasteiger partial charge in [-0.3, -0.25) is 0 Å². The Morgan fingerprint density at radius 3 is 2.62 bits per heavy atom. The highest BCUT2D eigenvalue weighted by molar-refractivity contribution is 9.08. The van der Waals surface area contributed by atoms with Gasteiger partial charge < -0.3 is 0 Å². The quantitative estimate of drug-likeness (QED) is 0.688. The minimum atomic E-state index is 0.576. The molecule has 0 heterocycles. The van der Waals surface area contributed by atoms with Crippen molar-refractivity contribution in [2.45, 2.75) is 25.1 Å². The summed E-state index contributed by atoms with van der Waals surface area (Å²) in [6.45, 7) is 8.21. The van der Waals surface area contributed by atoms with Gasteiger partial charge in [0.2, 0.25) is 0 Å². The van der Waals surface area contributed by atoms with Crippen LogP contribution < -0.4 is 0 Å². The minimum absolute atomic E-state index is 0.576. The topological polar surface area (TPSA) is 0 Å². The van der Waals surface area contributed by atoms with Crippen molar-refractivity contribution in [3.8, 4) is 0 Å². The van der Waals surface area contributed by atoms with Crippen molar-refractivity contribution in [3.05, 3.63) is 41.5 Å². The van der Waals surface area contributed by atoms with E-state index < -0.39 is 0 Å². The molecular weight excluding hydrogens is 224 g/mol. The Morgan fingerprint density at radius 2 is 2.15 bits per heavy atom. The molecule has 0 aliphatic carbocycles. The molecule has 0 saturated heterocycles. The third-order valence-corrected chi connectivity index (χ3v) is 2.78. The summed E-state index contributed by atoms with van der Waals surface area (Å²) in [6.07, 6.45) is 1.89. The molecule has 0 aromatic heterocycles. The summed E-state index contributed by atoms with van der Waals surface area (Å²) < 4.78 is 0. The van der Waals surface area contributed by atoms with Crippen molar-refractivity contribution in [2.24, 2.45) is 0 Å². The van der Waals surface area contributed by atoms with E-state index in [9.17, 15) is 0 Å². The fourth-order valence-electron chi connectivity index (χ4n) is 1.40. The normalized spacial score (nSPS) is 10.5. The molecule has 0 aliphatic heterocycles. The maximum absolute atomic E-state index is 3.78. The van der Waals surface area contributed by atoms with Gasteiger partial charge in [0.15, 0.2) is 0 Å². The molecule has 1 rings (SSSR count). The number of alkyl halides is 1. The van der Waals surface area contributed by atoms with Gasteiger partial charge in [-0.25, -0.2) is 0 Å². The zero-order chi connectivity index (χ0) is 9.84. The molecule has 0 atom stereocenters. The number of hydrogen-bond donors (Lipinski definition) is 0. The van der Waals surface area contributed by atoms with Crippen LogP contribution in [-0.2, 0) is 5.33 Å². The first-order chi connectivity index (χ1) is 6.19. The van der Waals surface area contributed by atoms with Crippen molar-refractivity contribution in [1.82, 2.24) is 0 Å². The molecule has 13 heavy (non-hydrogen) atoms. The van der Waals surface area contributed by atoms with E-state index in [1.807, 2.05) is 6.08 Å². The molecule has 0 aliphatic rings. The SMILES string of the molecule is C=Cc1ccc(CBr)c(C(C)C)c1. The van der Waals surface area contributed by atoms with Crippen LogP contribution in [0.15, 0.2) is 24.8 Å². The Labute approximate surface area is 88.8 Å². The summed E-state index contributed by atoms with van der Waals surface area (Å²) >= 11 is 3.50. The van der Waals surface area contributed by atoms with Crippen molar-refractivity contribution in [2.75, 3.05) is 0 Å². The average Bonchev–Trinajstić information content (AvgIpc) is 2.16. The first-order valence-corrected chi connectivity index (χ1v) is 5.62. The average molecular weight is 239 g/mol. The molecule has 0 fully saturated rings. The molecule has 1 aromatic rings. The van der Waals surface area contributed by atoms with E-state index >= 15 is 0 Å². The standard InChI is InChI=1S/C12H15Br/c1-4-10-5-6-11(8-13)12(7-10)9(2)3/h4-7,9H,1,8H2,2-3H3. The van der Waals surface area contributed by atoms with Crippen LogP contribution in [0.3, 0.4) is 0 Å². The zero-order valence-corrected chi connectivity index (χ0v) is 9.76. The van der Waals surface area contributed by atoms with E-state index in [1.165, 1.54) is 16.7 Å². The van der Waals surface area contributed by atoms with Crippen molar-refractivity contribution < 1.29 is 0 Å². The lowest BCUT2D eigenvalue weighted by molar-refractivity contribution is 0.855. The third-order valence-electron chi connectivity index (χ3n) is 2.17. The van der Waals surface area contributed by atoms with Gasteiger partial charge in [0, 0.05) is 5.33 Å². The first-order valence-electron chi connectivity index (χ1n) is 4.50. The van der Waals surface area contributed by atoms with Crippen LogP contribution in [0.25, 0.3) is 6.08 Å². The predicted molar refractivity (Wildman–Crippen MR) is 63.3 cm³/mol.